The minimum Gasteiger partial charge on any atom is -0.481 e. The Labute approximate surface area is 134 Å². The average molecular weight is 317 g/mol. The van der Waals surface area contributed by atoms with E-state index in [0.717, 1.165) is 5.56 Å². The van der Waals surface area contributed by atoms with Crippen molar-refractivity contribution in [2.24, 2.45) is 11.0 Å². The molecule has 0 radical (unpaired) electrons. The summed E-state index contributed by atoms with van der Waals surface area (Å²) in [4.78, 5) is 34.3. The Morgan fingerprint density at radius 1 is 1.30 bits per heavy atom. The van der Waals surface area contributed by atoms with Crippen molar-refractivity contribution >= 4 is 29.2 Å². The molecule has 122 valence electrons. The molecule has 0 spiro atoms. The quantitative estimate of drug-likeness (QED) is 0.859. The number of carboxylic acid groups (broad SMARTS) is 1. The first-order valence-electron chi connectivity index (χ1n) is 7.34. The monoisotopic (exact) mass is 317 g/mol. The Kier molecular flexibility index (Phi) is 5.10. The van der Waals surface area contributed by atoms with E-state index < -0.39 is 11.9 Å². The summed E-state index contributed by atoms with van der Waals surface area (Å²) in [5, 5.41) is 16.8. The zero-order chi connectivity index (χ0) is 17.0. The molecule has 7 nitrogen and oxygen atoms in total. The number of carboxylic acids is 1. The first kappa shape index (κ1) is 16.7. The van der Waals surface area contributed by atoms with Gasteiger partial charge >= 0.3 is 5.97 Å². The number of rotatable bonds is 5. The van der Waals surface area contributed by atoms with Crippen LogP contribution >= 0.6 is 0 Å². The summed E-state index contributed by atoms with van der Waals surface area (Å²) in [6.45, 7) is 1.65. The number of carbonyl (C=O) groups excluding carboxylic acids is 2. The van der Waals surface area contributed by atoms with Crippen LogP contribution in [0.3, 0.4) is 0 Å². The number of hydrogen-bond donors (Lipinski definition) is 2. The summed E-state index contributed by atoms with van der Waals surface area (Å²) in [7, 11) is 1.52. The van der Waals surface area contributed by atoms with Crippen molar-refractivity contribution in [2.45, 2.75) is 26.2 Å². The molecule has 1 aromatic carbocycles. The Balaban J connectivity index is 1.98. The highest BCUT2D eigenvalue weighted by atomic mass is 16.4. The van der Waals surface area contributed by atoms with Crippen LogP contribution < -0.4 is 5.32 Å². The molecule has 1 aliphatic rings. The summed E-state index contributed by atoms with van der Waals surface area (Å²) in [6, 6.07) is 7.01. The molecule has 1 heterocycles. The standard InChI is InChI=1S/C16H19N3O4/c1-10(16(22)23)9-11-3-5-12(6-4-11)17-15(21)13-7-8-14(20)19(2)18-13/h3-6,10H,7-9H2,1-2H3,(H,17,21)(H,22,23)/t10-/m1/s1. The largest absolute Gasteiger partial charge is 0.481 e. The lowest BCUT2D eigenvalue weighted by Crippen LogP contribution is -2.34. The van der Waals surface area contributed by atoms with E-state index >= 15 is 0 Å². The second kappa shape index (κ2) is 7.04. The Morgan fingerprint density at radius 3 is 2.52 bits per heavy atom. The number of nitrogens with one attached hydrogen (secondary N) is 1. The molecule has 7 heteroatoms. The van der Waals surface area contributed by atoms with E-state index in [-0.39, 0.29) is 18.2 Å². The lowest BCUT2D eigenvalue weighted by atomic mass is 10.0. The van der Waals surface area contributed by atoms with Gasteiger partial charge in [0.1, 0.15) is 5.71 Å². The number of anilines is 1. The molecular formula is C16H19N3O4. The Morgan fingerprint density at radius 2 is 1.96 bits per heavy atom. The van der Waals surface area contributed by atoms with Crippen molar-refractivity contribution in [3.8, 4) is 0 Å². The maximum atomic E-state index is 12.1. The van der Waals surface area contributed by atoms with E-state index in [4.69, 9.17) is 5.11 Å². The first-order chi connectivity index (χ1) is 10.9. The van der Waals surface area contributed by atoms with Crippen LogP contribution in [-0.4, -0.2) is 40.7 Å². The van der Waals surface area contributed by atoms with Crippen molar-refractivity contribution < 1.29 is 19.5 Å². The highest BCUT2D eigenvalue weighted by Crippen LogP contribution is 2.15. The summed E-state index contributed by atoms with van der Waals surface area (Å²) < 4.78 is 0. The van der Waals surface area contributed by atoms with Gasteiger partial charge in [-0.3, -0.25) is 14.4 Å². The summed E-state index contributed by atoms with van der Waals surface area (Å²) >= 11 is 0. The first-order valence-corrected chi connectivity index (χ1v) is 7.34. The Bertz CT molecular complexity index is 652. The van der Waals surface area contributed by atoms with E-state index in [1.165, 1.54) is 12.1 Å². The zero-order valence-corrected chi connectivity index (χ0v) is 13.1. The Hall–Kier alpha value is -2.70. The second-order valence-electron chi connectivity index (χ2n) is 5.56. The van der Waals surface area contributed by atoms with Crippen LogP contribution in [0.4, 0.5) is 5.69 Å². The van der Waals surface area contributed by atoms with Gasteiger partial charge in [-0.1, -0.05) is 19.1 Å². The molecule has 0 fully saturated rings. The minimum absolute atomic E-state index is 0.113. The molecule has 23 heavy (non-hydrogen) atoms. The van der Waals surface area contributed by atoms with Gasteiger partial charge in [0.2, 0.25) is 5.91 Å². The van der Waals surface area contributed by atoms with E-state index in [9.17, 15) is 14.4 Å². The number of amides is 2. The topological polar surface area (TPSA) is 99.1 Å². The van der Waals surface area contributed by atoms with E-state index in [1.54, 1.807) is 31.2 Å². The van der Waals surface area contributed by atoms with Gasteiger partial charge in [0.15, 0.2) is 0 Å². The predicted octanol–water partition coefficient (Wildman–Crippen LogP) is 1.50. The van der Waals surface area contributed by atoms with Crippen LogP contribution in [0.25, 0.3) is 0 Å². The molecule has 0 unspecified atom stereocenters. The summed E-state index contributed by atoms with van der Waals surface area (Å²) in [5.74, 6) is -1.74. The minimum atomic E-state index is -0.837. The predicted molar refractivity (Wildman–Crippen MR) is 85.0 cm³/mol. The number of hydrazone groups is 1. The number of benzene rings is 1. The molecule has 2 amide bonds. The highest BCUT2D eigenvalue weighted by molar-refractivity contribution is 6.43. The lowest BCUT2D eigenvalue weighted by molar-refractivity contribution is -0.141. The lowest BCUT2D eigenvalue weighted by Gasteiger charge is -2.19. The van der Waals surface area contributed by atoms with Crippen LogP contribution in [0.15, 0.2) is 29.4 Å². The molecule has 1 atom stereocenters. The third kappa shape index (κ3) is 4.38. The van der Waals surface area contributed by atoms with Crippen LogP contribution in [0.1, 0.15) is 25.3 Å². The van der Waals surface area contributed by atoms with Crippen molar-refractivity contribution in [3.05, 3.63) is 29.8 Å². The number of nitrogens with zero attached hydrogens (tertiary/aromatic N) is 2. The van der Waals surface area contributed by atoms with Gasteiger partial charge in [-0.05, 0) is 24.1 Å². The molecular weight excluding hydrogens is 298 g/mol. The third-order valence-corrected chi connectivity index (χ3v) is 3.64. The fraction of sp³-hybridized carbons (Fsp3) is 0.375. The third-order valence-electron chi connectivity index (χ3n) is 3.64. The summed E-state index contributed by atoms with van der Waals surface area (Å²) in [6.07, 6.45) is 1.03. The van der Waals surface area contributed by atoms with E-state index in [2.05, 4.69) is 10.4 Å². The van der Waals surface area contributed by atoms with Gasteiger partial charge in [0.05, 0.1) is 5.92 Å². The molecule has 2 rings (SSSR count). The number of hydrogen-bond acceptors (Lipinski definition) is 4. The van der Waals surface area contributed by atoms with Crippen molar-refractivity contribution in [2.75, 3.05) is 12.4 Å². The molecule has 0 aliphatic carbocycles. The molecule has 1 aromatic rings. The van der Waals surface area contributed by atoms with Crippen molar-refractivity contribution in [1.29, 1.82) is 0 Å². The molecule has 1 aliphatic heterocycles. The van der Waals surface area contributed by atoms with Crippen LogP contribution in [0, 0.1) is 5.92 Å². The normalized spacial score (nSPS) is 15.8. The molecule has 0 saturated carbocycles. The SMILES string of the molecule is C[C@H](Cc1ccc(NC(=O)C2=NN(C)C(=O)CC2)cc1)C(=O)O. The number of carbonyl (C=O) groups is 3. The summed E-state index contributed by atoms with van der Waals surface area (Å²) in [5.41, 5.74) is 1.80. The van der Waals surface area contributed by atoms with Crippen molar-refractivity contribution in [3.63, 3.8) is 0 Å². The molecule has 0 aromatic heterocycles. The average Bonchev–Trinajstić information content (AvgIpc) is 2.51. The van der Waals surface area contributed by atoms with Gasteiger partial charge in [-0.25, -0.2) is 5.01 Å². The van der Waals surface area contributed by atoms with Gasteiger partial charge < -0.3 is 10.4 Å². The van der Waals surface area contributed by atoms with Crippen LogP contribution in [0.5, 0.6) is 0 Å². The van der Waals surface area contributed by atoms with Gasteiger partial charge in [0.25, 0.3) is 5.91 Å². The smallest absolute Gasteiger partial charge is 0.306 e. The van der Waals surface area contributed by atoms with Gasteiger partial charge in [0, 0.05) is 25.6 Å². The maximum Gasteiger partial charge on any atom is 0.306 e. The van der Waals surface area contributed by atoms with Gasteiger partial charge in [-0.2, -0.15) is 5.10 Å². The highest BCUT2D eigenvalue weighted by Gasteiger charge is 2.22. The van der Waals surface area contributed by atoms with Crippen LogP contribution in [0.2, 0.25) is 0 Å². The van der Waals surface area contributed by atoms with Gasteiger partial charge in [-0.15, -0.1) is 0 Å². The molecule has 0 saturated heterocycles. The van der Waals surface area contributed by atoms with Crippen molar-refractivity contribution in [1.82, 2.24) is 5.01 Å². The fourth-order valence-corrected chi connectivity index (χ4v) is 2.20. The maximum absolute atomic E-state index is 12.1. The molecule has 2 N–H and O–H groups in total. The second-order valence-corrected chi connectivity index (χ2v) is 5.56. The fourth-order valence-electron chi connectivity index (χ4n) is 2.20. The van der Waals surface area contributed by atoms with Crippen LogP contribution in [-0.2, 0) is 20.8 Å². The zero-order valence-electron chi connectivity index (χ0n) is 13.1. The van der Waals surface area contributed by atoms with E-state index in [1.807, 2.05) is 0 Å². The number of aliphatic carboxylic acids is 1. The van der Waals surface area contributed by atoms with E-state index in [0.29, 0.717) is 24.2 Å². The molecule has 0 bridgehead atoms.